The summed E-state index contributed by atoms with van der Waals surface area (Å²) in [5.74, 6) is 2.57. The van der Waals surface area contributed by atoms with Crippen LogP contribution in [0.15, 0.2) is 48.5 Å². The van der Waals surface area contributed by atoms with Gasteiger partial charge in [0.15, 0.2) is 11.5 Å². The summed E-state index contributed by atoms with van der Waals surface area (Å²) in [6.07, 6.45) is -0.560. The normalized spacial score (nSPS) is 12.0. The van der Waals surface area contributed by atoms with Crippen LogP contribution in [-0.2, 0) is 0 Å². The van der Waals surface area contributed by atoms with Crippen molar-refractivity contribution in [3.8, 4) is 23.0 Å². The Morgan fingerprint density at radius 2 is 1.70 bits per heavy atom. The molecule has 124 valence electrons. The van der Waals surface area contributed by atoms with E-state index in [0.29, 0.717) is 23.8 Å². The van der Waals surface area contributed by atoms with Gasteiger partial charge < -0.3 is 24.2 Å². The molecule has 5 heteroatoms. The second kappa shape index (κ2) is 8.41. The van der Waals surface area contributed by atoms with Crippen LogP contribution in [0.1, 0.15) is 0 Å². The molecule has 2 aromatic carbocycles. The fraction of sp³-hybridized carbons (Fsp3) is 0.333. The number of aliphatic hydroxyl groups excluding tert-OH is 1. The molecule has 0 saturated heterocycles. The summed E-state index contributed by atoms with van der Waals surface area (Å²) in [5.41, 5.74) is 0. The maximum absolute atomic E-state index is 9.91. The Kier molecular flexibility index (Phi) is 6.26. The molecule has 0 aromatic heterocycles. The Morgan fingerprint density at radius 3 is 2.39 bits per heavy atom. The standard InChI is InChI=1S/C18H23NO4/c1-19(2)12-14(20)13-22-17-9-4-5-10-18(17)23-16-8-6-7-15(11-16)21-3/h4-11,14,20H,12-13H2,1-3H3. The van der Waals surface area contributed by atoms with Gasteiger partial charge in [0.25, 0.3) is 0 Å². The molecule has 2 aromatic rings. The summed E-state index contributed by atoms with van der Waals surface area (Å²) in [7, 11) is 5.43. The van der Waals surface area contributed by atoms with Crippen molar-refractivity contribution in [1.82, 2.24) is 4.90 Å². The average Bonchev–Trinajstić information content (AvgIpc) is 2.53. The van der Waals surface area contributed by atoms with Crippen molar-refractivity contribution < 1.29 is 19.3 Å². The minimum Gasteiger partial charge on any atom is -0.497 e. The first-order chi connectivity index (χ1) is 11.1. The molecule has 0 radical (unpaired) electrons. The average molecular weight is 317 g/mol. The molecule has 5 nitrogen and oxygen atoms in total. The number of hydrogen-bond donors (Lipinski definition) is 1. The van der Waals surface area contributed by atoms with Crippen molar-refractivity contribution in [3.63, 3.8) is 0 Å². The summed E-state index contributed by atoms with van der Waals surface area (Å²) in [4.78, 5) is 1.91. The Bertz CT molecular complexity index is 615. The summed E-state index contributed by atoms with van der Waals surface area (Å²) in [6.45, 7) is 0.746. The highest BCUT2D eigenvalue weighted by Crippen LogP contribution is 2.32. The number of methoxy groups -OCH3 is 1. The fourth-order valence-electron chi connectivity index (χ4n) is 2.11. The zero-order valence-electron chi connectivity index (χ0n) is 13.7. The molecule has 0 heterocycles. The SMILES string of the molecule is COc1cccc(Oc2ccccc2OCC(O)CN(C)C)c1. The minimum absolute atomic E-state index is 0.205. The molecule has 0 aliphatic heterocycles. The van der Waals surface area contributed by atoms with E-state index in [0.717, 1.165) is 5.75 Å². The van der Waals surface area contributed by atoms with Crippen molar-refractivity contribution in [2.75, 3.05) is 34.4 Å². The summed E-state index contributed by atoms with van der Waals surface area (Å²) >= 11 is 0. The lowest BCUT2D eigenvalue weighted by molar-refractivity contribution is 0.0821. The monoisotopic (exact) mass is 317 g/mol. The van der Waals surface area contributed by atoms with Crippen molar-refractivity contribution in [2.45, 2.75) is 6.10 Å². The number of para-hydroxylation sites is 2. The van der Waals surface area contributed by atoms with Gasteiger partial charge in [-0.2, -0.15) is 0 Å². The molecule has 0 amide bonds. The third kappa shape index (κ3) is 5.47. The van der Waals surface area contributed by atoms with Crippen LogP contribution in [0.25, 0.3) is 0 Å². The lowest BCUT2D eigenvalue weighted by Gasteiger charge is -2.18. The molecule has 2 rings (SSSR count). The highest BCUT2D eigenvalue weighted by atomic mass is 16.5. The molecule has 0 aliphatic rings. The van der Waals surface area contributed by atoms with E-state index in [1.54, 1.807) is 13.2 Å². The van der Waals surface area contributed by atoms with E-state index in [1.807, 2.05) is 61.5 Å². The van der Waals surface area contributed by atoms with Crippen molar-refractivity contribution in [1.29, 1.82) is 0 Å². The van der Waals surface area contributed by atoms with Gasteiger partial charge in [0, 0.05) is 12.6 Å². The minimum atomic E-state index is -0.560. The molecule has 0 fully saturated rings. The highest BCUT2D eigenvalue weighted by Gasteiger charge is 2.10. The largest absolute Gasteiger partial charge is 0.497 e. The van der Waals surface area contributed by atoms with Crippen LogP contribution >= 0.6 is 0 Å². The van der Waals surface area contributed by atoms with E-state index in [4.69, 9.17) is 14.2 Å². The van der Waals surface area contributed by atoms with Crippen LogP contribution in [0.5, 0.6) is 23.0 Å². The molecular weight excluding hydrogens is 294 g/mol. The van der Waals surface area contributed by atoms with Gasteiger partial charge in [0.05, 0.1) is 7.11 Å². The van der Waals surface area contributed by atoms with Crippen LogP contribution in [0.2, 0.25) is 0 Å². The maximum Gasteiger partial charge on any atom is 0.169 e. The van der Waals surface area contributed by atoms with Gasteiger partial charge in [-0.3, -0.25) is 0 Å². The van der Waals surface area contributed by atoms with Gasteiger partial charge in [-0.25, -0.2) is 0 Å². The fourth-order valence-corrected chi connectivity index (χ4v) is 2.11. The molecule has 1 atom stereocenters. The topological polar surface area (TPSA) is 51.2 Å². The molecule has 23 heavy (non-hydrogen) atoms. The molecule has 1 N–H and O–H groups in total. The molecule has 0 spiro atoms. The third-order valence-corrected chi connectivity index (χ3v) is 3.13. The lowest BCUT2D eigenvalue weighted by atomic mass is 10.3. The smallest absolute Gasteiger partial charge is 0.169 e. The number of nitrogens with zero attached hydrogens (tertiary/aromatic N) is 1. The van der Waals surface area contributed by atoms with Crippen molar-refractivity contribution in [2.24, 2.45) is 0 Å². The predicted molar refractivity (Wildman–Crippen MR) is 89.6 cm³/mol. The summed E-state index contributed by atoms with van der Waals surface area (Å²) < 4.78 is 16.8. The Labute approximate surface area is 137 Å². The second-order valence-corrected chi connectivity index (χ2v) is 5.45. The molecule has 0 saturated carbocycles. The van der Waals surface area contributed by atoms with Crippen LogP contribution in [0, 0.1) is 0 Å². The first-order valence-corrected chi connectivity index (χ1v) is 7.45. The number of benzene rings is 2. The van der Waals surface area contributed by atoms with E-state index >= 15 is 0 Å². The number of hydrogen-bond acceptors (Lipinski definition) is 5. The van der Waals surface area contributed by atoms with E-state index < -0.39 is 6.10 Å². The van der Waals surface area contributed by atoms with Gasteiger partial charge in [-0.15, -0.1) is 0 Å². The van der Waals surface area contributed by atoms with E-state index in [1.165, 1.54) is 0 Å². The molecular formula is C18H23NO4. The maximum atomic E-state index is 9.91. The first kappa shape index (κ1) is 17.1. The Balaban J connectivity index is 2.05. The number of rotatable bonds is 8. The van der Waals surface area contributed by atoms with Gasteiger partial charge in [0.1, 0.15) is 24.2 Å². The first-order valence-electron chi connectivity index (χ1n) is 7.45. The van der Waals surface area contributed by atoms with Crippen LogP contribution < -0.4 is 14.2 Å². The van der Waals surface area contributed by atoms with Gasteiger partial charge >= 0.3 is 0 Å². The van der Waals surface area contributed by atoms with Crippen LogP contribution in [0.4, 0.5) is 0 Å². The zero-order valence-corrected chi connectivity index (χ0v) is 13.7. The van der Waals surface area contributed by atoms with Crippen molar-refractivity contribution >= 4 is 0 Å². The molecule has 1 unspecified atom stereocenters. The van der Waals surface area contributed by atoms with Crippen LogP contribution in [0.3, 0.4) is 0 Å². The summed E-state index contributed by atoms with van der Waals surface area (Å²) in [5, 5.41) is 9.91. The third-order valence-electron chi connectivity index (χ3n) is 3.13. The van der Waals surface area contributed by atoms with Gasteiger partial charge in [-0.1, -0.05) is 18.2 Å². The number of aliphatic hydroxyl groups is 1. The quantitative estimate of drug-likeness (QED) is 0.811. The molecule has 0 aliphatic carbocycles. The van der Waals surface area contributed by atoms with E-state index in [9.17, 15) is 5.11 Å². The highest BCUT2D eigenvalue weighted by molar-refractivity contribution is 5.44. The predicted octanol–water partition coefficient (Wildman–Crippen LogP) is 2.79. The van der Waals surface area contributed by atoms with Gasteiger partial charge in [0.2, 0.25) is 0 Å². The number of ether oxygens (including phenoxy) is 3. The van der Waals surface area contributed by atoms with E-state index in [-0.39, 0.29) is 6.61 Å². The Morgan fingerprint density at radius 1 is 1.00 bits per heavy atom. The van der Waals surface area contributed by atoms with E-state index in [2.05, 4.69) is 0 Å². The Hall–Kier alpha value is -2.24. The van der Waals surface area contributed by atoms with Crippen LogP contribution in [-0.4, -0.2) is 50.5 Å². The lowest BCUT2D eigenvalue weighted by Crippen LogP contribution is -2.30. The molecule has 0 bridgehead atoms. The zero-order chi connectivity index (χ0) is 16.7. The van der Waals surface area contributed by atoms with Crippen molar-refractivity contribution in [3.05, 3.63) is 48.5 Å². The second-order valence-electron chi connectivity index (χ2n) is 5.45. The van der Waals surface area contributed by atoms with Gasteiger partial charge in [-0.05, 0) is 38.4 Å². The summed E-state index contributed by atoms with van der Waals surface area (Å²) in [6, 6.07) is 14.7. The number of likely N-dealkylation sites (N-methyl/N-ethyl adjacent to an activating group) is 1.